The summed E-state index contributed by atoms with van der Waals surface area (Å²) in [6.45, 7) is 1.72. The Morgan fingerprint density at radius 2 is 1.57 bits per heavy atom. The summed E-state index contributed by atoms with van der Waals surface area (Å²) in [6, 6.07) is 17.7. The lowest BCUT2D eigenvalue weighted by Crippen LogP contribution is -2.40. The van der Waals surface area contributed by atoms with E-state index in [1.165, 1.54) is 69.3 Å². The molecule has 10 nitrogen and oxygen atoms in total. The van der Waals surface area contributed by atoms with Gasteiger partial charge in [-0.15, -0.1) is 0 Å². The third-order valence-electron chi connectivity index (χ3n) is 6.15. The number of amides is 1. The Balaban J connectivity index is 1.28. The minimum absolute atomic E-state index is 0.0160. The fourth-order valence-electron chi connectivity index (χ4n) is 4.01. The summed E-state index contributed by atoms with van der Waals surface area (Å²) in [7, 11) is -7.23. The lowest BCUT2D eigenvalue weighted by Gasteiger charge is -2.26. The van der Waals surface area contributed by atoms with Gasteiger partial charge in [-0.2, -0.15) is 4.31 Å². The lowest BCUT2D eigenvalue weighted by atomic mass is 10.1. The second-order valence-corrected chi connectivity index (χ2v) is 12.9. The van der Waals surface area contributed by atoms with Gasteiger partial charge in [0.25, 0.3) is 5.91 Å². The molecule has 0 spiro atoms. The number of carbonyl (C=O) groups is 1. The molecule has 3 aromatic rings. The van der Waals surface area contributed by atoms with Crippen molar-refractivity contribution in [3.05, 3.63) is 89.7 Å². The quantitative estimate of drug-likeness (QED) is 0.340. The summed E-state index contributed by atoms with van der Waals surface area (Å²) in [5.74, 6) is -0.323. The van der Waals surface area contributed by atoms with Gasteiger partial charge in [0.05, 0.1) is 43.1 Å². The molecule has 1 heterocycles. The number of morpholine rings is 1. The normalized spacial score (nSPS) is 14.4. The van der Waals surface area contributed by atoms with Crippen LogP contribution in [0.1, 0.15) is 15.9 Å². The molecule has 1 saturated heterocycles. The molecule has 1 amide bonds. The smallest absolute Gasteiger partial charge is 0.251 e. The van der Waals surface area contributed by atoms with Crippen molar-refractivity contribution in [3.8, 4) is 5.75 Å². The third kappa shape index (κ3) is 7.56. The topological polar surface area (TPSA) is 122 Å². The Morgan fingerprint density at radius 3 is 2.17 bits per heavy atom. The molecule has 13 heteroatoms. The molecule has 1 fully saturated rings. The number of halogens is 1. The van der Waals surface area contributed by atoms with Gasteiger partial charge >= 0.3 is 0 Å². The molecule has 1 aliphatic rings. The molecule has 0 unspecified atom stereocenters. The van der Waals surface area contributed by atoms with Crippen LogP contribution in [0.3, 0.4) is 0 Å². The number of hydrogen-bond acceptors (Lipinski definition) is 7. The van der Waals surface area contributed by atoms with Crippen molar-refractivity contribution in [2.24, 2.45) is 0 Å². The maximum atomic E-state index is 13.2. The molecule has 3 aromatic carbocycles. The van der Waals surface area contributed by atoms with Crippen LogP contribution in [-0.4, -0.2) is 72.8 Å². The highest BCUT2D eigenvalue weighted by Crippen LogP contribution is 2.22. The van der Waals surface area contributed by atoms with Gasteiger partial charge < -0.3 is 14.8 Å². The van der Waals surface area contributed by atoms with E-state index >= 15 is 0 Å². The largest absolute Gasteiger partial charge is 0.492 e. The van der Waals surface area contributed by atoms with Crippen molar-refractivity contribution in [1.29, 1.82) is 0 Å². The van der Waals surface area contributed by atoms with Gasteiger partial charge in [-0.05, 0) is 66.2 Å². The Bertz CT molecular complexity index is 1510. The summed E-state index contributed by atoms with van der Waals surface area (Å²) < 4.78 is 76.8. The van der Waals surface area contributed by atoms with Crippen LogP contribution in [0.15, 0.2) is 77.7 Å². The molecule has 0 radical (unpaired) electrons. The highest BCUT2D eigenvalue weighted by Gasteiger charge is 2.26. The predicted molar refractivity (Wildman–Crippen MR) is 148 cm³/mol. The summed E-state index contributed by atoms with van der Waals surface area (Å²) >= 11 is 0. The van der Waals surface area contributed by atoms with E-state index in [0.717, 1.165) is 6.26 Å². The van der Waals surface area contributed by atoms with Crippen molar-refractivity contribution in [2.45, 2.75) is 11.4 Å². The van der Waals surface area contributed by atoms with E-state index in [9.17, 15) is 26.0 Å². The maximum absolute atomic E-state index is 13.2. The number of sulfonamides is 2. The predicted octanol–water partition coefficient (Wildman–Crippen LogP) is 2.62. The number of hydrogen-bond donors (Lipinski definition) is 1. The monoisotopic (exact) mass is 591 g/mol. The summed E-state index contributed by atoms with van der Waals surface area (Å²) in [6.07, 6.45) is 1.08. The molecule has 214 valence electrons. The fourth-order valence-corrected chi connectivity index (χ4v) is 6.31. The van der Waals surface area contributed by atoms with E-state index in [1.54, 1.807) is 12.1 Å². The Morgan fingerprint density at radius 1 is 0.950 bits per heavy atom. The van der Waals surface area contributed by atoms with Crippen LogP contribution in [0.5, 0.6) is 5.75 Å². The van der Waals surface area contributed by atoms with E-state index < -0.39 is 25.9 Å². The number of benzene rings is 3. The molecule has 0 aliphatic carbocycles. The first kappa shape index (κ1) is 29.5. The van der Waals surface area contributed by atoms with E-state index in [4.69, 9.17) is 9.47 Å². The zero-order valence-electron chi connectivity index (χ0n) is 21.8. The SMILES string of the molecule is CS(=O)(=O)N(Cc1ccc(F)cc1)c1ccc(C(=O)NCCOc2ccc(S(=O)(=O)N3CCOCC3)cc2)cc1. The summed E-state index contributed by atoms with van der Waals surface area (Å²) in [5.41, 5.74) is 1.31. The standard InChI is InChI=1S/C27H30FN3O7S2/c1-39(33,34)31(20-21-2-6-23(28)7-3-21)24-8-4-22(5-9-24)27(32)29-14-17-38-25-10-12-26(13-11-25)40(35,36)30-15-18-37-19-16-30/h2-13H,14-20H2,1H3,(H,29,32). The Kier molecular flexibility index (Phi) is 9.40. The van der Waals surface area contributed by atoms with Gasteiger partial charge in [-0.1, -0.05) is 12.1 Å². The molecule has 4 rings (SSSR count). The molecular formula is C27H30FN3O7S2. The van der Waals surface area contributed by atoms with Crippen LogP contribution in [0.4, 0.5) is 10.1 Å². The summed E-state index contributed by atoms with van der Waals surface area (Å²) in [5, 5.41) is 2.73. The molecule has 40 heavy (non-hydrogen) atoms. The third-order valence-corrected chi connectivity index (χ3v) is 9.20. The van der Waals surface area contributed by atoms with Crippen LogP contribution >= 0.6 is 0 Å². The van der Waals surface area contributed by atoms with Crippen molar-refractivity contribution in [1.82, 2.24) is 9.62 Å². The van der Waals surface area contributed by atoms with Crippen LogP contribution < -0.4 is 14.4 Å². The van der Waals surface area contributed by atoms with Gasteiger partial charge in [0.1, 0.15) is 18.2 Å². The van der Waals surface area contributed by atoms with E-state index in [0.29, 0.717) is 48.9 Å². The average Bonchev–Trinajstić information content (AvgIpc) is 2.95. The number of carbonyl (C=O) groups excluding carboxylic acids is 1. The molecular weight excluding hydrogens is 561 g/mol. The highest BCUT2D eigenvalue weighted by atomic mass is 32.2. The molecule has 1 N–H and O–H groups in total. The van der Waals surface area contributed by atoms with Crippen LogP contribution in [0, 0.1) is 5.82 Å². The lowest BCUT2D eigenvalue weighted by molar-refractivity contribution is 0.0730. The Labute approximate surface area is 233 Å². The number of nitrogens with one attached hydrogen (secondary N) is 1. The van der Waals surface area contributed by atoms with E-state index in [-0.39, 0.29) is 30.5 Å². The molecule has 0 bridgehead atoms. The van der Waals surface area contributed by atoms with Crippen molar-refractivity contribution in [2.75, 3.05) is 50.0 Å². The number of nitrogens with zero attached hydrogens (tertiary/aromatic N) is 2. The van der Waals surface area contributed by atoms with Crippen LogP contribution in [0.2, 0.25) is 0 Å². The highest BCUT2D eigenvalue weighted by molar-refractivity contribution is 7.92. The van der Waals surface area contributed by atoms with Crippen molar-refractivity contribution >= 4 is 31.6 Å². The molecule has 0 aromatic heterocycles. The molecule has 1 aliphatic heterocycles. The van der Waals surface area contributed by atoms with Gasteiger partial charge in [0.2, 0.25) is 20.0 Å². The first-order valence-corrected chi connectivity index (χ1v) is 15.7. The Hall–Kier alpha value is -3.52. The second-order valence-electron chi connectivity index (χ2n) is 9.04. The van der Waals surface area contributed by atoms with Crippen molar-refractivity contribution in [3.63, 3.8) is 0 Å². The number of ether oxygens (including phenoxy) is 2. The van der Waals surface area contributed by atoms with Crippen LogP contribution in [-0.2, 0) is 31.3 Å². The van der Waals surface area contributed by atoms with E-state index in [2.05, 4.69) is 5.32 Å². The minimum atomic E-state index is -3.64. The van der Waals surface area contributed by atoms with Crippen molar-refractivity contribution < 1.29 is 35.5 Å². The van der Waals surface area contributed by atoms with Gasteiger partial charge in [-0.3, -0.25) is 9.10 Å². The maximum Gasteiger partial charge on any atom is 0.251 e. The first-order valence-electron chi connectivity index (χ1n) is 12.5. The zero-order chi connectivity index (χ0) is 28.8. The first-order chi connectivity index (χ1) is 19.0. The van der Waals surface area contributed by atoms with Gasteiger partial charge in [0.15, 0.2) is 0 Å². The summed E-state index contributed by atoms with van der Waals surface area (Å²) in [4.78, 5) is 12.7. The fraction of sp³-hybridized carbons (Fsp3) is 0.296. The second kappa shape index (κ2) is 12.8. The molecule has 0 atom stereocenters. The average molecular weight is 592 g/mol. The van der Waals surface area contributed by atoms with Gasteiger partial charge in [-0.25, -0.2) is 21.2 Å². The minimum Gasteiger partial charge on any atom is -0.492 e. The van der Waals surface area contributed by atoms with E-state index in [1.807, 2.05) is 0 Å². The number of rotatable bonds is 11. The molecule has 0 saturated carbocycles. The van der Waals surface area contributed by atoms with Gasteiger partial charge in [0, 0.05) is 18.7 Å². The number of anilines is 1. The van der Waals surface area contributed by atoms with Crippen LogP contribution in [0.25, 0.3) is 0 Å². The zero-order valence-corrected chi connectivity index (χ0v) is 23.5.